The van der Waals surface area contributed by atoms with E-state index in [4.69, 9.17) is 0 Å². The summed E-state index contributed by atoms with van der Waals surface area (Å²) in [5.74, 6) is 1.27. The van der Waals surface area contributed by atoms with Gasteiger partial charge in [-0.1, -0.05) is 20.3 Å². The molecule has 0 aromatic carbocycles. The Morgan fingerprint density at radius 3 is 2.64 bits per heavy atom. The predicted octanol–water partition coefficient (Wildman–Crippen LogP) is 3.05. The first kappa shape index (κ1) is 10.8. The van der Waals surface area contributed by atoms with Crippen molar-refractivity contribution in [1.29, 1.82) is 0 Å². The topological polar surface area (TPSA) is 12.0 Å². The first-order valence-electron chi connectivity index (χ1n) is 5.80. The van der Waals surface area contributed by atoms with Gasteiger partial charge in [-0.2, -0.15) is 11.8 Å². The maximum absolute atomic E-state index is 3.86. The summed E-state index contributed by atoms with van der Waals surface area (Å²) in [6.45, 7) is 9.53. The van der Waals surface area contributed by atoms with Gasteiger partial charge in [-0.15, -0.1) is 0 Å². The van der Waals surface area contributed by atoms with Crippen molar-refractivity contribution < 1.29 is 0 Å². The first-order valence-corrected chi connectivity index (χ1v) is 6.85. The summed E-state index contributed by atoms with van der Waals surface area (Å²) in [6, 6.07) is 0.727. The summed E-state index contributed by atoms with van der Waals surface area (Å²) in [5.41, 5.74) is 0.827. The molecule has 2 atom stereocenters. The van der Waals surface area contributed by atoms with Gasteiger partial charge < -0.3 is 5.32 Å². The number of rotatable bonds is 0. The minimum Gasteiger partial charge on any atom is -0.307 e. The summed E-state index contributed by atoms with van der Waals surface area (Å²) in [7, 11) is 0. The fourth-order valence-corrected chi connectivity index (χ4v) is 4.51. The van der Waals surface area contributed by atoms with Gasteiger partial charge in [-0.05, 0) is 32.1 Å². The molecule has 14 heavy (non-hydrogen) atoms. The number of hydrogen-bond donors (Lipinski definition) is 1. The van der Waals surface area contributed by atoms with Gasteiger partial charge in [0.25, 0.3) is 0 Å². The minimum atomic E-state index is 0.334. The molecule has 2 rings (SSSR count). The van der Waals surface area contributed by atoms with E-state index >= 15 is 0 Å². The van der Waals surface area contributed by atoms with Gasteiger partial charge in [0.2, 0.25) is 0 Å². The van der Waals surface area contributed by atoms with Crippen molar-refractivity contribution in [2.45, 2.75) is 63.8 Å². The first-order chi connectivity index (χ1) is 6.41. The van der Waals surface area contributed by atoms with Gasteiger partial charge in [0, 0.05) is 22.6 Å². The average Bonchev–Trinajstić information content (AvgIpc) is 2.05. The van der Waals surface area contributed by atoms with Crippen LogP contribution in [0.3, 0.4) is 0 Å². The zero-order valence-electron chi connectivity index (χ0n) is 9.89. The molecule has 0 spiro atoms. The van der Waals surface area contributed by atoms with E-state index in [9.17, 15) is 0 Å². The van der Waals surface area contributed by atoms with Gasteiger partial charge in [-0.25, -0.2) is 0 Å². The van der Waals surface area contributed by atoms with Crippen molar-refractivity contribution in [2.75, 3.05) is 5.75 Å². The zero-order chi connectivity index (χ0) is 10.4. The Bertz CT molecular complexity index is 222. The van der Waals surface area contributed by atoms with Gasteiger partial charge in [0.05, 0.1) is 0 Å². The number of thioether (sulfide) groups is 1. The molecular weight excluding hydrogens is 190 g/mol. The third-order valence-electron chi connectivity index (χ3n) is 3.73. The third-order valence-corrected chi connectivity index (χ3v) is 5.55. The lowest BCUT2D eigenvalue weighted by molar-refractivity contribution is 0.141. The van der Waals surface area contributed by atoms with E-state index in [0.717, 1.165) is 11.3 Å². The Hall–Kier alpha value is 0.310. The fourth-order valence-electron chi connectivity index (χ4n) is 2.83. The van der Waals surface area contributed by atoms with Crippen molar-refractivity contribution >= 4 is 11.8 Å². The molecule has 1 heterocycles. The lowest BCUT2D eigenvalue weighted by Gasteiger charge is -2.51. The van der Waals surface area contributed by atoms with E-state index < -0.39 is 0 Å². The van der Waals surface area contributed by atoms with E-state index in [1.165, 1.54) is 25.0 Å². The smallest absolute Gasteiger partial charge is 0.0242 e. The lowest BCUT2D eigenvalue weighted by Crippen LogP contribution is -2.62. The SMILES string of the molecule is CC1(C)CSC2CCCC(C)(C)C2N1. The van der Waals surface area contributed by atoms with Crippen LogP contribution in [0.2, 0.25) is 0 Å². The van der Waals surface area contributed by atoms with Crippen LogP contribution in [-0.4, -0.2) is 22.6 Å². The zero-order valence-corrected chi connectivity index (χ0v) is 10.7. The van der Waals surface area contributed by atoms with Gasteiger partial charge in [-0.3, -0.25) is 0 Å². The number of fused-ring (bicyclic) bond motifs is 1. The predicted molar refractivity (Wildman–Crippen MR) is 64.9 cm³/mol. The third kappa shape index (κ3) is 1.96. The molecular formula is C12H23NS. The molecule has 2 fully saturated rings. The molecule has 1 saturated carbocycles. The molecule has 1 N–H and O–H groups in total. The summed E-state index contributed by atoms with van der Waals surface area (Å²) in [6.07, 6.45) is 4.23. The van der Waals surface area contributed by atoms with Crippen LogP contribution in [0.5, 0.6) is 0 Å². The van der Waals surface area contributed by atoms with E-state index in [1.54, 1.807) is 0 Å². The Kier molecular flexibility index (Phi) is 2.64. The van der Waals surface area contributed by atoms with Crippen LogP contribution in [0.15, 0.2) is 0 Å². The lowest BCUT2D eigenvalue weighted by atomic mass is 9.72. The highest BCUT2D eigenvalue weighted by Gasteiger charge is 2.44. The Labute approximate surface area is 92.4 Å². The molecule has 1 aliphatic heterocycles. The highest BCUT2D eigenvalue weighted by atomic mass is 32.2. The van der Waals surface area contributed by atoms with Crippen LogP contribution < -0.4 is 5.32 Å². The molecule has 1 nitrogen and oxygen atoms in total. The van der Waals surface area contributed by atoms with E-state index in [-0.39, 0.29) is 0 Å². The molecule has 0 aromatic heterocycles. The molecule has 82 valence electrons. The van der Waals surface area contributed by atoms with Crippen LogP contribution in [0, 0.1) is 5.41 Å². The molecule has 0 bridgehead atoms. The quantitative estimate of drug-likeness (QED) is 0.664. The second-order valence-corrected chi connectivity index (χ2v) is 7.46. The maximum atomic E-state index is 3.86. The maximum Gasteiger partial charge on any atom is 0.0242 e. The van der Waals surface area contributed by atoms with E-state index in [1.807, 2.05) is 0 Å². The Balaban J connectivity index is 2.14. The molecule has 2 unspecified atom stereocenters. The molecule has 1 aliphatic carbocycles. The van der Waals surface area contributed by atoms with Crippen LogP contribution in [-0.2, 0) is 0 Å². The van der Waals surface area contributed by atoms with Crippen molar-refractivity contribution in [3.63, 3.8) is 0 Å². The van der Waals surface area contributed by atoms with Crippen molar-refractivity contribution in [2.24, 2.45) is 5.41 Å². The second kappa shape index (κ2) is 3.41. The molecule has 2 heteroatoms. The average molecular weight is 213 g/mol. The van der Waals surface area contributed by atoms with Gasteiger partial charge in [0.1, 0.15) is 0 Å². The molecule has 1 saturated heterocycles. The standard InChI is InChI=1S/C12H23NS/c1-11(2)7-5-6-9-10(11)13-12(3,4)8-14-9/h9-10,13H,5-8H2,1-4H3. The van der Waals surface area contributed by atoms with Crippen molar-refractivity contribution in [3.05, 3.63) is 0 Å². The molecule has 0 radical (unpaired) electrons. The fraction of sp³-hybridized carbons (Fsp3) is 1.00. The Morgan fingerprint density at radius 1 is 1.21 bits per heavy atom. The largest absolute Gasteiger partial charge is 0.307 e. The van der Waals surface area contributed by atoms with Crippen molar-refractivity contribution in [1.82, 2.24) is 5.32 Å². The van der Waals surface area contributed by atoms with E-state index in [2.05, 4.69) is 44.8 Å². The number of nitrogens with one attached hydrogen (secondary N) is 1. The number of hydrogen-bond acceptors (Lipinski definition) is 2. The normalized spacial score (nSPS) is 40.3. The van der Waals surface area contributed by atoms with Crippen LogP contribution in [0.1, 0.15) is 47.0 Å². The summed E-state index contributed by atoms with van der Waals surface area (Å²) >= 11 is 2.19. The van der Waals surface area contributed by atoms with Crippen molar-refractivity contribution in [3.8, 4) is 0 Å². The summed E-state index contributed by atoms with van der Waals surface area (Å²) in [5, 5.41) is 4.73. The van der Waals surface area contributed by atoms with Gasteiger partial charge in [0.15, 0.2) is 0 Å². The minimum absolute atomic E-state index is 0.334. The molecule has 0 aromatic rings. The van der Waals surface area contributed by atoms with Crippen LogP contribution in [0.25, 0.3) is 0 Å². The van der Waals surface area contributed by atoms with Crippen LogP contribution >= 0.6 is 11.8 Å². The molecule has 0 amide bonds. The Morgan fingerprint density at radius 2 is 1.93 bits per heavy atom. The summed E-state index contributed by atoms with van der Waals surface area (Å²) in [4.78, 5) is 0. The molecule has 2 aliphatic rings. The summed E-state index contributed by atoms with van der Waals surface area (Å²) < 4.78 is 0. The second-order valence-electron chi connectivity index (χ2n) is 6.24. The van der Waals surface area contributed by atoms with E-state index in [0.29, 0.717) is 11.0 Å². The van der Waals surface area contributed by atoms with Gasteiger partial charge >= 0.3 is 0 Å². The monoisotopic (exact) mass is 213 g/mol. The van der Waals surface area contributed by atoms with Crippen LogP contribution in [0.4, 0.5) is 0 Å². The highest BCUT2D eigenvalue weighted by Crippen LogP contribution is 2.44. The highest BCUT2D eigenvalue weighted by molar-refractivity contribution is 8.00.